The highest BCUT2D eigenvalue weighted by Crippen LogP contribution is 2.22. The van der Waals surface area contributed by atoms with Gasteiger partial charge >= 0.3 is 0 Å². The van der Waals surface area contributed by atoms with Crippen molar-refractivity contribution in [3.8, 4) is 0 Å². The van der Waals surface area contributed by atoms with Gasteiger partial charge in [-0.05, 0) is 34.1 Å². The maximum absolute atomic E-state index is 12.7. The van der Waals surface area contributed by atoms with Crippen molar-refractivity contribution in [3.63, 3.8) is 0 Å². The molecule has 0 aliphatic heterocycles. The van der Waals surface area contributed by atoms with Crippen LogP contribution >= 0.6 is 27.5 Å². The fraction of sp³-hybridized carbons (Fsp3) is 0.200. The Bertz CT molecular complexity index is 328. The molecule has 0 unspecified atom stereocenters. The van der Waals surface area contributed by atoms with Crippen molar-refractivity contribution >= 4 is 33.2 Å². The molecule has 0 spiro atoms. The Hall–Kier alpha value is -0.540. The van der Waals surface area contributed by atoms with Crippen LogP contribution in [-0.4, -0.2) is 12.4 Å². The van der Waals surface area contributed by atoms with Gasteiger partial charge < -0.3 is 5.32 Å². The zero-order chi connectivity index (χ0) is 10.4. The van der Waals surface area contributed by atoms with Crippen LogP contribution in [-0.2, 0) is 0 Å². The molecule has 0 aliphatic rings. The topological polar surface area (TPSA) is 12.0 Å². The molecule has 0 radical (unpaired) electrons. The number of alkyl halides is 1. The number of benzene rings is 1. The van der Waals surface area contributed by atoms with Crippen molar-refractivity contribution in [1.29, 1.82) is 0 Å². The smallest absolute Gasteiger partial charge is 0.124 e. The zero-order valence-corrected chi connectivity index (χ0v) is 9.78. The van der Waals surface area contributed by atoms with Gasteiger partial charge in [0.25, 0.3) is 0 Å². The van der Waals surface area contributed by atoms with E-state index in [1.165, 1.54) is 12.1 Å². The third-order valence-electron chi connectivity index (χ3n) is 1.60. The van der Waals surface area contributed by atoms with Gasteiger partial charge in [0.15, 0.2) is 0 Å². The van der Waals surface area contributed by atoms with Crippen LogP contribution in [0.2, 0.25) is 0 Å². The first-order valence-corrected chi connectivity index (χ1v) is 5.46. The van der Waals surface area contributed by atoms with E-state index in [0.717, 1.165) is 10.2 Å². The molecule has 0 saturated heterocycles. The van der Waals surface area contributed by atoms with E-state index in [1.807, 2.05) is 12.2 Å². The Labute approximate surface area is 96.1 Å². The molecule has 0 heterocycles. The van der Waals surface area contributed by atoms with Crippen molar-refractivity contribution < 1.29 is 4.39 Å². The quantitative estimate of drug-likeness (QED) is 0.652. The molecule has 0 amide bonds. The molecule has 1 N–H and O–H groups in total. The van der Waals surface area contributed by atoms with Crippen molar-refractivity contribution in [2.45, 2.75) is 0 Å². The molecule has 1 nitrogen and oxygen atoms in total. The van der Waals surface area contributed by atoms with E-state index in [4.69, 9.17) is 11.6 Å². The molecular formula is C10H10BrClFN. The van der Waals surface area contributed by atoms with Gasteiger partial charge in [0, 0.05) is 22.6 Å². The summed E-state index contributed by atoms with van der Waals surface area (Å²) in [5, 5.41) is 3.12. The van der Waals surface area contributed by atoms with Gasteiger partial charge in [-0.25, -0.2) is 4.39 Å². The molecule has 0 saturated carbocycles. The van der Waals surface area contributed by atoms with Crippen LogP contribution in [0.4, 0.5) is 10.1 Å². The van der Waals surface area contributed by atoms with E-state index in [2.05, 4.69) is 21.2 Å². The predicted molar refractivity (Wildman–Crippen MR) is 62.4 cm³/mol. The maximum atomic E-state index is 12.7. The predicted octanol–water partition coefficient (Wildman–Crippen LogP) is 3.80. The van der Waals surface area contributed by atoms with E-state index in [0.29, 0.717) is 12.4 Å². The summed E-state index contributed by atoms with van der Waals surface area (Å²) in [4.78, 5) is 0. The Balaban J connectivity index is 2.55. The standard InChI is InChI=1S/C10H10BrClFN/c11-9-7-8(13)3-4-10(9)14-6-2-1-5-12/h1-4,7,14H,5-6H2/b2-1+. The third-order valence-corrected chi connectivity index (χ3v) is 2.43. The summed E-state index contributed by atoms with van der Waals surface area (Å²) in [5.74, 6) is 0.255. The zero-order valence-electron chi connectivity index (χ0n) is 7.43. The number of hydrogen-bond acceptors (Lipinski definition) is 1. The monoisotopic (exact) mass is 277 g/mol. The second-order valence-electron chi connectivity index (χ2n) is 2.63. The van der Waals surface area contributed by atoms with Crippen molar-refractivity contribution in [3.05, 3.63) is 40.6 Å². The van der Waals surface area contributed by atoms with E-state index in [9.17, 15) is 4.39 Å². The summed E-state index contributed by atoms with van der Waals surface area (Å²) in [7, 11) is 0. The van der Waals surface area contributed by atoms with Gasteiger partial charge in [0.2, 0.25) is 0 Å². The summed E-state index contributed by atoms with van der Waals surface area (Å²) in [6.07, 6.45) is 3.77. The number of anilines is 1. The first-order chi connectivity index (χ1) is 6.74. The highest BCUT2D eigenvalue weighted by molar-refractivity contribution is 9.10. The molecule has 4 heteroatoms. The summed E-state index contributed by atoms with van der Waals surface area (Å²) in [6, 6.07) is 4.53. The average Bonchev–Trinajstić information content (AvgIpc) is 2.15. The number of allylic oxidation sites excluding steroid dienone is 1. The van der Waals surface area contributed by atoms with Crippen LogP contribution in [0.5, 0.6) is 0 Å². The second kappa shape index (κ2) is 6.04. The van der Waals surface area contributed by atoms with Crippen LogP contribution < -0.4 is 5.32 Å². The fourth-order valence-electron chi connectivity index (χ4n) is 0.948. The highest BCUT2D eigenvalue weighted by Gasteiger charge is 1.98. The molecule has 0 atom stereocenters. The lowest BCUT2D eigenvalue weighted by molar-refractivity contribution is 0.627. The molecule has 76 valence electrons. The number of halogens is 3. The van der Waals surface area contributed by atoms with Crippen molar-refractivity contribution in [2.75, 3.05) is 17.7 Å². The van der Waals surface area contributed by atoms with Crippen LogP contribution in [0.25, 0.3) is 0 Å². The number of nitrogens with one attached hydrogen (secondary N) is 1. The second-order valence-corrected chi connectivity index (χ2v) is 3.79. The van der Waals surface area contributed by atoms with Gasteiger partial charge in [0.05, 0.1) is 0 Å². The Morgan fingerprint density at radius 2 is 2.21 bits per heavy atom. The SMILES string of the molecule is Fc1ccc(NC/C=C/CCl)c(Br)c1. The van der Waals surface area contributed by atoms with Crippen LogP contribution in [0.3, 0.4) is 0 Å². The minimum Gasteiger partial charge on any atom is -0.381 e. The van der Waals surface area contributed by atoms with Crippen molar-refractivity contribution in [1.82, 2.24) is 0 Å². The Morgan fingerprint density at radius 1 is 1.43 bits per heavy atom. The fourth-order valence-corrected chi connectivity index (χ4v) is 1.57. The molecule has 0 fully saturated rings. The van der Waals surface area contributed by atoms with E-state index < -0.39 is 0 Å². The maximum Gasteiger partial charge on any atom is 0.124 e. The molecule has 0 bridgehead atoms. The van der Waals surface area contributed by atoms with Gasteiger partial charge in [0.1, 0.15) is 5.82 Å². The minimum absolute atomic E-state index is 0.251. The molecule has 1 aromatic carbocycles. The lowest BCUT2D eigenvalue weighted by Crippen LogP contribution is -1.99. The van der Waals surface area contributed by atoms with Crippen LogP contribution in [0.15, 0.2) is 34.8 Å². The van der Waals surface area contributed by atoms with E-state index in [1.54, 1.807) is 6.07 Å². The van der Waals surface area contributed by atoms with E-state index in [-0.39, 0.29) is 5.82 Å². The summed E-state index contributed by atoms with van der Waals surface area (Å²) in [6.45, 7) is 0.678. The first kappa shape index (κ1) is 11.5. The Morgan fingerprint density at radius 3 is 2.86 bits per heavy atom. The summed E-state index contributed by atoms with van der Waals surface area (Å²) >= 11 is 8.73. The van der Waals surface area contributed by atoms with Gasteiger partial charge in [-0.2, -0.15) is 0 Å². The molecular weight excluding hydrogens is 268 g/mol. The molecule has 0 aromatic heterocycles. The molecule has 14 heavy (non-hydrogen) atoms. The molecule has 1 rings (SSSR count). The first-order valence-electron chi connectivity index (χ1n) is 4.14. The number of hydrogen-bond donors (Lipinski definition) is 1. The van der Waals surface area contributed by atoms with E-state index >= 15 is 0 Å². The van der Waals surface area contributed by atoms with Gasteiger partial charge in [-0.15, -0.1) is 11.6 Å². The molecule has 0 aliphatic carbocycles. The van der Waals surface area contributed by atoms with Gasteiger partial charge in [-0.1, -0.05) is 12.2 Å². The molecule has 1 aromatic rings. The Kier molecular flexibility index (Phi) is 4.98. The minimum atomic E-state index is -0.251. The van der Waals surface area contributed by atoms with Crippen molar-refractivity contribution in [2.24, 2.45) is 0 Å². The van der Waals surface area contributed by atoms with Gasteiger partial charge in [-0.3, -0.25) is 0 Å². The lowest BCUT2D eigenvalue weighted by atomic mass is 10.3. The van der Waals surface area contributed by atoms with Crippen LogP contribution in [0.1, 0.15) is 0 Å². The highest BCUT2D eigenvalue weighted by atomic mass is 79.9. The third kappa shape index (κ3) is 3.68. The summed E-state index contributed by atoms with van der Waals surface area (Å²) in [5.41, 5.74) is 0.866. The van der Waals surface area contributed by atoms with Crippen LogP contribution in [0, 0.1) is 5.82 Å². The average molecular weight is 279 g/mol. The number of rotatable bonds is 4. The lowest BCUT2D eigenvalue weighted by Gasteiger charge is -2.05. The largest absolute Gasteiger partial charge is 0.381 e. The summed E-state index contributed by atoms with van der Waals surface area (Å²) < 4.78 is 13.4. The normalized spacial score (nSPS) is 10.8.